The van der Waals surface area contributed by atoms with Gasteiger partial charge in [0.05, 0.1) is 0 Å². The molecule has 1 aliphatic carbocycles. The summed E-state index contributed by atoms with van der Waals surface area (Å²) in [7, 11) is 0. The summed E-state index contributed by atoms with van der Waals surface area (Å²) in [5, 5.41) is 10.1. The van der Waals surface area contributed by atoms with Crippen molar-refractivity contribution in [2.24, 2.45) is 0 Å². The Balaban J connectivity index is 1.48. The van der Waals surface area contributed by atoms with E-state index in [4.69, 9.17) is 10.1 Å². The molecule has 0 spiro atoms. The lowest BCUT2D eigenvalue weighted by Crippen LogP contribution is -2.46. The molecule has 3 aromatic rings. The third kappa shape index (κ3) is 4.90. The summed E-state index contributed by atoms with van der Waals surface area (Å²) in [6, 6.07) is 9.44. The number of anilines is 2. The number of aromatic nitrogens is 3. The first kappa shape index (κ1) is 22.7. The summed E-state index contributed by atoms with van der Waals surface area (Å²) in [4.78, 5) is 11.0. The van der Waals surface area contributed by atoms with Gasteiger partial charge in [-0.25, -0.2) is 4.98 Å². The van der Waals surface area contributed by atoms with Gasteiger partial charge in [0.1, 0.15) is 5.69 Å². The maximum absolute atomic E-state index is 5.11. The van der Waals surface area contributed by atoms with Crippen molar-refractivity contribution in [3.8, 4) is 11.3 Å². The molecule has 5 rings (SSSR count). The second kappa shape index (κ2) is 10.0. The highest BCUT2D eigenvalue weighted by Gasteiger charge is 2.24. The van der Waals surface area contributed by atoms with Gasteiger partial charge in [-0.3, -0.25) is 0 Å². The number of rotatable bonds is 6. The number of hydrogen-bond donors (Lipinski definition) is 1. The molecule has 2 aromatic heterocycles. The Hall–Kier alpha value is -2.12. The Bertz CT molecular complexity index is 1040. The molecule has 0 radical (unpaired) electrons. The zero-order chi connectivity index (χ0) is 22.8. The largest absolute Gasteiger partial charge is 0.365 e. The second-order valence-corrected chi connectivity index (χ2v) is 10.9. The average molecular weight is 467 g/mol. The van der Waals surface area contributed by atoms with Crippen LogP contribution in [0, 0.1) is 0 Å². The summed E-state index contributed by atoms with van der Waals surface area (Å²) >= 11 is 1.72. The molecular formula is C26H38N6S. The third-order valence-electron chi connectivity index (χ3n) is 7.33. The van der Waals surface area contributed by atoms with E-state index in [1.165, 1.54) is 49.7 Å². The quantitative estimate of drug-likeness (QED) is 0.461. The molecule has 1 aliphatic heterocycles. The van der Waals surface area contributed by atoms with Crippen LogP contribution in [0.3, 0.4) is 0 Å². The predicted molar refractivity (Wildman–Crippen MR) is 140 cm³/mol. The topological polar surface area (TPSA) is 48.7 Å². The summed E-state index contributed by atoms with van der Waals surface area (Å²) in [5.41, 5.74) is 3.58. The number of imidazole rings is 1. The van der Waals surface area contributed by atoms with E-state index in [-0.39, 0.29) is 0 Å². The maximum atomic E-state index is 5.11. The number of piperazine rings is 1. The molecule has 3 heterocycles. The van der Waals surface area contributed by atoms with Gasteiger partial charge in [-0.05, 0) is 30.9 Å². The molecule has 0 bridgehead atoms. The Labute approximate surface area is 202 Å². The Morgan fingerprint density at radius 1 is 1.00 bits per heavy atom. The summed E-state index contributed by atoms with van der Waals surface area (Å²) in [5.74, 6) is 1.61. The van der Waals surface area contributed by atoms with Gasteiger partial charge in [-0.2, -0.15) is 4.52 Å². The van der Waals surface area contributed by atoms with E-state index in [9.17, 15) is 0 Å². The van der Waals surface area contributed by atoms with Gasteiger partial charge in [0.25, 0.3) is 0 Å². The van der Waals surface area contributed by atoms with Gasteiger partial charge in [-0.1, -0.05) is 82.1 Å². The lowest BCUT2D eigenvalue weighted by atomic mass is 10.0. The molecule has 0 atom stereocenters. The van der Waals surface area contributed by atoms with Gasteiger partial charge in [0, 0.05) is 37.8 Å². The van der Waals surface area contributed by atoms with Crippen molar-refractivity contribution < 1.29 is 0 Å². The average Bonchev–Trinajstić information content (AvgIpc) is 3.28. The van der Waals surface area contributed by atoms with Crippen molar-refractivity contribution >= 4 is 27.2 Å². The van der Waals surface area contributed by atoms with Crippen LogP contribution in [0.25, 0.3) is 16.2 Å². The molecule has 2 aliphatic rings. The van der Waals surface area contributed by atoms with E-state index in [0.29, 0.717) is 12.0 Å². The first-order chi connectivity index (χ1) is 16.1. The maximum Gasteiger partial charge on any atom is 0.216 e. The lowest BCUT2D eigenvalue weighted by Gasteiger charge is -2.33. The highest BCUT2D eigenvalue weighted by Crippen LogP contribution is 2.35. The number of fused-ring (bicyclic) bond motifs is 1. The van der Waals surface area contributed by atoms with E-state index in [2.05, 4.69) is 64.7 Å². The van der Waals surface area contributed by atoms with Crippen LogP contribution in [0.2, 0.25) is 0 Å². The first-order valence-electron chi connectivity index (χ1n) is 12.9. The normalized spacial score (nSPS) is 18.8. The monoisotopic (exact) mass is 466 g/mol. The molecule has 0 unspecified atom stereocenters. The SMILES string of the molecule is CCN1CCN(c2nn3c(NC4CCCCCC4)c(-c4ccc(C(C)C)cc4)nc3s2)CC1. The van der Waals surface area contributed by atoms with Gasteiger partial charge < -0.3 is 15.1 Å². The molecule has 33 heavy (non-hydrogen) atoms. The molecule has 1 aromatic carbocycles. The zero-order valence-electron chi connectivity index (χ0n) is 20.4. The molecular weight excluding hydrogens is 428 g/mol. The molecule has 7 heteroatoms. The summed E-state index contributed by atoms with van der Waals surface area (Å²) in [6.45, 7) is 12.2. The Morgan fingerprint density at radius 3 is 2.33 bits per heavy atom. The van der Waals surface area contributed by atoms with Crippen molar-refractivity contribution in [2.75, 3.05) is 42.9 Å². The number of nitrogens with one attached hydrogen (secondary N) is 1. The van der Waals surface area contributed by atoms with Crippen molar-refractivity contribution in [3.05, 3.63) is 29.8 Å². The number of likely N-dealkylation sites (N-methyl/N-ethyl adjacent to an activating group) is 1. The molecule has 2 fully saturated rings. The van der Waals surface area contributed by atoms with Crippen molar-refractivity contribution in [2.45, 2.75) is 71.3 Å². The fourth-order valence-corrected chi connectivity index (χ4v) is 6.05. The Morgan fingerprint density at radius 2 is 1.70 bits per heavy atom. The molecule has 178 valence electrons. The molecule has 6 nitrogen and oxygen atoms in total. The van der Waals surface area contributed by atoms with Gasteiger partial charge in [0.15, 0.2) is 5.82 Å². The first-order valence-corrected chi connectivity index (χ1v) is 13.7. The standard InChI is InChI=1S/C26H38N6S/c1-4-30-15-17-31(18-16-30)26-29-32-24(27-22-9-7-5-6-8-10-22)23(28-25(32)33-26)21-13-11-20(12-14-21)19(2)3/h11-14,19,22,27H,4-10,15-18H2,1-3H3. The van der Waals surface area contributed by atoms with Gasteiger partial charge in [0.2, 0.25) is 10.1 Å². The molecule has 1 saturated heterocycles. The van der Waals surface area contributed by atoms with Gasteiger partial charge in [-0.15, -0.1) is 5.10 Å². The molecule has 1 N–H and O–H groups in total. The third-order valence-corrected chi connectivity index (χ3v) is 8.30. The van der Waals surface area contributed by atoms with E-state index in [1.54, 1.807) is 11.3 Å². The minimum atomic E-state index is 0.499. The molecule has 0 amide bonds. The molecule has 1 saturated carbocycles. The van der Waals surface area contributed by atoms with Crippen molar-refractivity contribution in [1.29, 1.82) is 0 Å². The van der Waals surface area contributed by atoms with Crippen LogP contribution in [-0.4, -0.2) is 58.3 Å². The minimum Gasteiger partial charge on any atom is -0.365 e. The Kier molecular flexibility index (Phi) is 6.88. The van der Waals surface area contributed by atoms with Crippen LogP contribution in [0.15, 0.2) is 24.3 Å². The van der Waals surface area contributed by atoms with Crippen LogP contribution in [-0.2, 0) is 0 Å². The smallest absolute Gasteiger partial charge is 0.216 e. The summed E-state index contributed by atoms with van der Waals surface area (Å²) < 4.78 is 2.09. The second-order valence-electron chi connectivity index (χ2n) is 9.92. The lowest BCUT2D eigenvalue weighted by molar-refractivity contribution is 0.271. The van der Waals surface area contributed by atoms with E-state index in [1.807, 2.05) is 0 Å². The fourth-order valence-electron chi connectivity index (χ4n) is 5.10. The number of hydrogen-bond acceptors (Lipinski definition) is 6. The number of benzene rings is 1. The van der Waals surface area contributed by atoms with Crippen LogP contribution in [0.1, 0.15) is 70.8 Å². The zero-order valence-corrected chi connectivity index (χ0v) is 21.2. The van der Waals surface area contributed by atoms with Gasteiger partial charge >= 0.3 is 0 Å². The van der Waals surface area contributed by atoms with Crippen LogP contribution < -0.4 is 10.2 Å². The van der Waals surface area contributed by atoms with Crippen molar-refractivity contribution in [3.63, 3.8) is 0 Å². The van der Waals surface area contributed by atoms with E-state index >= 15 is 0 Å². The van der Waals surface area contributed by atoms with E-state index < -0.39 is 0 Å². The van der Waals surface area contributed by atoms with E-state index in [0.717, 1.165) is 54.3 Å². The predicted octanol–water partition coefficient (Wildman–Crippen LogP) is 5.86. The number of nitrogens with zero attached hydrogens (tertiary/aromatic N) is 5. The summed E-state index contributed by atoms with van der Waals surface area (Å²) in [6.07, 6.45) is 7.79. The highest BCUT2D eigenvalue weighted by atomic mass is 32.1. The fraction of sp³-hybridized carbons (Fsp3) is 0.615. The van der Waals surface area contributed by atoms with Crippen molar-refractivity contribution in [1.82, 2.24) is 19.5 Å². The van der Waals surface area contributed by atoms with Crippen LogP contribution in [0.4, 0.5) is 10.9 Å². The van der Waals surface area contributed by atoms with Crippen LogP contribution in [0.5, 0.6) is 0 Å². The highest BCUT2D eigenvalue weighted by molar-refractivity contribution is 7.20. The minimum absolute atomic E-state index is 0.499. The van der Waals surface area contributed by atoms with Crippen LogP contribution >= 0.6 is 11.3 Å².